The third-order valence-corrected chi connectivity index (χ3v) is 3.52. The van der Waals surface area contributed by atoms with Crippen LogP contribution in [0.3, 0.4) is 0 Å². The molecule has 0 aliphatic heterocycles. The molecule has 0 heterocycles. The number of urea groups is 1. The zero-order chi connectivity index (χ0) is 16.0. The van der Waals surface area contributed by atoms with E-state index in [2.05, 4.69) is 17.4 Å². The minimum absolute atomic E-state index is 0.195. The lowest BCUT2D eigenvalue weighted by molar-refractivity contribution is -0.141. The Bertz CT molecular complexity index is 485. The first-order chi connectivity index (χ1) is 9.81. The number of carboxylic acids is 1. The number of carboxylic acid groups (broad SMARTS) is 1. The number of rotatable bonds is 6. The Morgan fingerprint density at radius 3 is 2.33 bits per heavy atom. The number of nitrogens with one attached hydrogen (secondary N) is 1. The van der Waals surface area contributed by atoms with Crippen molar-refractivity contribution in [3.8, 4) is 0 Å². The first-order valence-electron chi connectivity index (χ1n) is 7.09. The van der Waals surface area contributed by atoms with E-state index in [9.17, 15) is 9.59 Å². The van der Waals surface area contributed by atoms with E-state index in [4.69, 9.17) is 5.11 Å². The van der Waals surface area contributed by atoms with Crippen molar-refractivity contribution < 1.29 is 14.7 Å². The van der Waals surface area contributed by atoms with E-state index in [1.54, 1.807) is 14.0 Å². The standard InChI is InChI=1S/C16H24N2O3/c1-11-5-7-14(8-6-11)12(2)9-17-16(21)18(4)10-13(3)15(19)20/h5-8,12-13H,9-10H2,1-4H3,(H,17,21)(H,19,20). The Labute approximate surface area is 126 Å². The van der Waals surface area contributed by atoms with Crippen LogP contribution >= 0.6 is 0 Å². The van der Waals surface area contributed by atoms with Crippen LogP contribution < -0.4 is 5.32 Å². The number of carbonyl (C=O) groups is 2. The summed E-state index contributed by atoms with van der Waals surface area (Å²) in [4.78, 5) is 24.1. The van der Waals surface area contributed by atoms with Gasteiger partial charge in [0, 0.05) is 20.1 Å². The lowest BCUT2D eigenvalue weighted by atomic mass is 10.0. The Morgan fingerprint density at radius 2 is 1.81 bits per heavy atom. The molecule has 2 atom stereocenters. The van der Waals surface area contributed by atoms with E-state index in [1.807, 2.05) is 26.0 Å². The van der Waals surface area contributed by atoms with Gasteiger partial charge >= 0.3 is 12.0 Å². The van der Waals surface area contributed by atoms with Crippen LogP contribution in [0.2, 0.25) is 0 Å². The molecule has 0 aliphatic carbocycles. The highest BCUT2D eigenvalue weighted by molar-refractivity contribution is 5.75. The lowest BCUT2D eigenvalue weighted by Crippen LogP contribution is -2.41. The van der Waals surface area contributed by atoms with Crippen LogP contribution in [0.5, 0.6) is 0 Å². The Balaban J connectivity index is 2.45. The molecule has 116 valence electrons. The second-order valence-corrected chi connectivity index (χ2v) is 5.62. The first-order valence-corrected chi connectivity index (χ1v) is 7.09. The van der Waals surface area contributed by atoms with Gasteiger partial charge in [-0.3, -0.25) is 4.79 Å². The van der Waals surface area contributed by atoms with E-state index < -0.39 is 11.9 Å². The maximum atomic E-state index is 11.9. The van der Waals surface area contributed by atoms with Crippen LogP contribution in [0.15, 0.2) is 24.3 Å². The summed E-state index contributed by atoms with van der Waals surface area (Å²) in [5.41, 5.74) is 2.37. The van der Waals surface area contributed by atoms with Gasteiger partial charge in [0.15, 0.2) is 0 Å². The molecule has 21 heavy (non-hydrogen) atoms. The summed E-state index contributed by atoms with van der Waals surface area (Å²) < 4.78 is 0. The molecule has 5 heteroatoms. The van der Waals surface area contributed by atoms with Gasteiger partial charge in [-0.05, 0) is 18.4 Å². The van der Waals surface area contributed by atoms with E-state index in [0.29, 0.717) is 6.54 Å². The minimum atomic E-state index is -0.900. The first kappa shape index (κ1) is 17.0. The van der Waals surface area contributed by atoms with Crippen molar-refractivity contribution in [3.05, 3.63) is 35.4 Å². The number of aryl methyl sites for hydroxylation is 1. The zero-order valence-electron chi connectivity index (χ0n) is 13.1. The molecule has 0 bridgehead atoms. The largest absolute Gasteiger partial charge is 0.481 e. The maximum Gasteiger partial charge on any atom is 0.317 e. The van der Waals surface area contributed by atoms with Crippen molar-refractivity contribution >= 4 is 12.0 Å². The van der Waals surface area contributed by atoms with Crippen LogP contribution in [0.4, 0.5) is 4.79 Å². The van der Waals surface area contributed by atoms with Crippen LogP contribution in [0, 0.1) is 12.8 Å². The molecule has 2 amide bonds. The van der Waals surface area contributed by atoms with E-state index in [-0.39, 0.29) is 18.5 Å². The molecule has 0 radical (unpaired) electrons. The number of amides is 2. The van der Waals surface area contributed by atoms with E-state index >= 15 is 0 Å². The summed E-state index contributed by atoms with van der Waals surface area (Å²) in [6, 6.07) is 7.97. The van der Waals surface area contributed by atoms with Crippen molar-refractivity contribution in [2.24, 2.45) is 5.92 Å². The Morgan fingerprint density at radius 1 is 1.24 bits per heavy atom. The van der Waals surface area contributed by atoms with Gasteiger partial charge in [-0.1, -0.05) is 43.7 Å². The molecule has 0 saturated heterocycles. The fraction of sp³-hybridized carbons (Fsp3) is 0.500. The summed E-state index contributed by atoms with van der Waals surface area (Å²) in [7, 11) is 1.60. The summed E-state index contributed by atoms with van der Waals surface area (Å²) in [6.45, 7) is 6.38. The second kappa shape index (κ2) is 7.67. The predicted octanol–water partition coefficient (Wildman–Crippen LogP) is 2.46. The molecule has 0 spiro atoms. The average molecular weight is 292 g/mol. The molecule has 5 nitrogen and oxygen atoms in total. The monoisotopic (exact) mass is 292 g/mol. The van der Waals surface area contributed by atoms with Crippen molar-refractivity contribution in [2.75, 3.05) is 20.1 Å². The SMILES string of the molecule is Cc1ccc(C(C)CNC(=O)N(C)CC(C)C(=O)O)cc1. The summed E-state index contributed by atoms with van der Waals surface area (Å²) in [5.74, 6) is -1.27. The topological polar surface area (TPSA) is 69.6 Å². The number of carbonyl (C=O) groups excluding carboxylic acids is 1. The van der Waals surface area contributed by atoms with Crippen molar-refractivity contribution in [3.63, 3.8) is 0 Å². The molecule has 1 aromatic rings. The highest BCUT2D eigenvalue weighted by Crippen LogP contribution is 2.14. The Hall–Kier alpha value is -2.04. The van der Waals surface area contributed by atoms with Gasteiger partial charge < -0.3 is 15.3 Å². The van der Waals surface area contributed by atoms with Gasteiger partial charge in [0.05, 0.1) is 5.92 Å². The molecule has 2 N–H and O–H groups in total. The summed E-state index contributed by atoms with van der Waals surface area (Å²) in [6.07, 6.45) is 0. The van der Waals surface area contributed by atoms with Crippen molar-refractivity contribution in [1.29, 1.82) is 0 Å². The minimum Gasteiger partial charge on any atom is -0.481 e. The highest BCUT2D eigenvalue weighted by Gasteiger charge is 2.17. The molecule has 0 fully saturated rings. The quantitative estimate of drug-likeness (QED) is 0.846. The molecule has 1 rings (SSSR count). The molecular weight excluding hydrogens is 268 g/mol. The summed E-state index contributed by atoms with van der Waals surface area (Å²) in [5, 5.41) is 11.7. The van der Waals surface area contributed by atoms with Gasteiger partial charge in [-0.25, -0.2) is 4.79 Å². The molecule has 0 aliphatic rings. The lowest BCUT2D eigenvalue weighted by Gasteiger charge is -2.21. The number of benzene rings is 1. The summed E-state index contributed by atoms with van der Waals surface area (Å²) >= 11 is 0. The normalized spacial score (nSPS) is 13.3. The van der Waals surface area contributed by atoms with Crippen LogP contribution in [0.1, 0.15) is 30.9 Å². The van der Waals surface area contributed by atoms with E-state index in [0.717, 1.165) is 0 Å². The number of hydrogen-bond donors (Lipinski definition) is 2. The van der Waals surface area contributed by atoms with E-state index in [1.165, 1.54) is 16.0 Å². The van der Waals surface area contributed by atoms with Gasteiger partial charge in [0.1, 0.15) is 0 Å². The van der Waals surface area contributed by atoms with Gasteiger partial charge in [0.25, 0.3) is 0 Å². The number of aliphatic carboxylic acids is 1. The van der Waals surface area contributed by atoms with Crippen LogP contribution in [-0.2, 0) is 4.79 Å². The highest BCUT2D eigenvalue weighted by atomic mass is 16.4. The second-order valence-electron chi connectivity index (χ2n) is 5.62. The van der Waals surface area contributed by atoms with Gasteiger partial charge in [-0.15, -0.1) is 0 Å². The van der Waals surface area contributed by atoms with Crippen molar-refractivity contribution in [2.45, 2.75) is 26.7 Å². The van der Waals surface area contributed by atoms with Crippen LogP contribution in [-0.4, -0.2) is 42.1 Å². The van der Waals surface area contributed by atoms with Crippen LogP contribution in [0.25, 0.3) is 0 Å². The molecule has 0 saturated carbocycles. The average Bonchev–Trinajstić information content (AvgIpc) is 2.44. The van der Waals surface area contributed by atoms with Gasteiger partial charge in [0.2, 0.25) is 0 Å². The predicted molar refractivity (Wildman–Crippen MR) is 82.4 cm³/mol. The number of nitrogens with zero attached hydrogens (tertiary/aromatic N) is 1. The molecule has 1 aromatic carbocycles. The Kier molecular flexibility index (Phi) is 6.21. The smallest absolute Gasteiger partial charge is 0.317 e. The fourth-order valence-electron chi connectivity index (χ4n) is 1.96. The zero-order valence-corrected chi connectivity index (χ0v) is 13.1. The third-order valence-electron chi connectivity index (χ3n) is 3.52. The van der Waals surface area contributed by atoms with Gasteiger partial charge in [-0.2, -0.15) is 0 Å². The van der Waals surface area contributed by atoms with Crippen molar-refractivity contribution in [1.82, 2.24) is 10.2 Å². The maximum absolute atomic E-state index is 11.9. The fourth-order valence-corrected chi connectivity index (χ4v) is 1.96. The number of hydrogen-bond acceptors (Lipinski definition) is 2. The molecule has 2 unspecified atom stereocenters. The molecule has 0 aromatic heterocycles. The molecular formula is C16H24N2O3. The third kappa shape index (κ3) is 5.45.